The van der Waals surface area contributed by atoms with Gasteiger partial charge in [-0.3, -0.25) is 0 Å². The minimum absolute atomic E-state index is 0.234. The van der Waals surface area contributed by atoms with Gasteiger partial charge in [0, 0.05) is 14.0 Å². The van der Waals surface area contributed by atoms with E-state index in [4.69, 9.17) is 5.11 Å². The first-order valence-corrected chi connectivity index (χ1v) is 3.35. The van der Waals surface area contributed by atoms with Crippen molar-refractivity contribution in [3.05, 3.63) is 21.6 Å². The van der Waals surface area contributed by atoms with Crippen molar-refractivity contribution < 1.29 is 10.0 Å². The summed E-state index contributed by atoms with van der Waals surface area (Å²) in [5, 5.41) is 19.2. The average molecular weight is 171 g/mol. The highest BCUT2D eigenvalue weighted by Gasteiger charge is 2.21. The molecule has 0 aromatic carbocycles. The van der Waals surface area contributed by atoms with Crippen LogP contribution >= 0.6 is 0 Å². The third kappa shape index (κ3) is 1.16. The summed E-state index contributed by atoms with van der Waals surface area (Å²) in [5.41, 5.74) is 0.234. The van der Waals surface area contributed by atoms with Crippen LogP contribution in [0, 0.1) is 17.0 Å². The van der Waals surface area contributed by atoms with Crippen LogP contribution in [-0.4, -0.2) is 19.6 Å². The number of aryl methyl sites for hydroxylation is 1. The highest BCUT2D eigenvalue weighted by atomic mass is 16.6. The van der Waals surface area contributed by atoms with E-state index >= 15 is 0 Å². The zero-order valence-electron chi connectivity index (χ0n) is 6.81. The lowest BCUT2D eigenvalue weighted by molar-refractivity contribution is -0.390. The van der Waals surface area contributed by atoms with Crippen molar-refractivity contribution in [2.24, 2.45) is 7.05 Å². The van der Waals surface area contributed by atoms with Crippen LogP contribution in [-0.2, 0) is 13.7 Å². The molecule has 1 aromatic heterocycles. The molecule has 0 fully saturated rings. The normalized spacial score (nSPS) is 10.2. The topological polar surface area (TPSA) is 81.2 Å². The van der Waals surface area contributed by atoms with Crippen LogP contribution in [0.25, 0.3) is 0 Å². The predicted molar refractivity (Wildman–Crippen MR) is 40.5 cm³/mol. The monoisotopic (exact) mass is 171 g/mol. The molecule has 1 rings (SSSR count). The van der Waals surface area contributed by atoms with Crippen LogP contribution < -0.4 is 0 Å². The highest BCUT2D eigenvalue weighted by molar-refractivity contribution is 5.28. The molecule has 0 radical (unpaired) electrons. The first kappa shape index (κ1) is 8.66. The molecule has 6 heteroatoms. The number of aliphatic hydroxyl groups excluding tert-OH is 1. The lowest BCUT2D eigenvalue weighted by Crippen LogP contribution is -2.00. The number of hydrogen-bond acceptors (Lipinski definition) is 4. The Kier molecular flexibility index (Phi) is 2.09. The Labute approximate surface area is 68.6 Å². The van der Waals surface area contributed by atoms with E-state index in [0.29, 0.717) is 5.82 Å². The molecule has 0 unspecified atom stereocenters. The van der Waals surface area contributed by atoms with Gasteiger partial charge in [-0.2, -0.15) is 0 Å². The molecule has 6 nitrogen and oxygen atoms in total. The van der Waals surface area contributed by atoms with Gasteiger partial charge < -0.3 is 19.8 Å². The lowest BCUT2D eigenvalue weighted by atomic mass is 10.4. The largest absolute Gasteiger partial charge is 0.390 e. The fourth-order valence-electron chi connectivity index (χ4n) is 0.961. The van der Waals surface area contributed by atoms with Gasteiger partial charge in [-0.25, -0.2) is 0 Å². The van der Waals surface area contributed by atoms with Gasteiger partial charge in [-0.1, -0.05) is 0 Å². The van der Waals surface area contributed by atoms with Gasteiger partial charge in [0.25, 0.3) is 0 Å². The van der Waals surface area contributed by atoms with Crippen molar-refractivity contribution in [1.82, 2.24) is 9.55 Å². The van der Waals surface area contributed by atoms with Gasteiger partial charge in [0.15, 0.2) is 0 Å². The molecule has 1 heterocycles. The molecule has 0 amide bonds. The van der Waals surface area contributed by atoms with Crippen molar-refractivity contribution in [3.63, 3.8) is 0 Å². The first-order valence-electron chi connectivity index (χ1n) is 3.35. The Bertz CT molecular complexity index is 318. The summed E-state index contributed by atoms with van der Waals surface area (Å²) < 4.78 is 1.50. The molecule has 0 atom stereocenters. The summed E-state index contributed by atoms with van der Waals surface area (Å²) in [6.45, 7) is 1.28. The quantitative estimate of drug-likeness (QED) is 0.506. The second kappa shape index (κ2) is 2.90. The minimum atomic E-state index is -0.599. The molecule has 0 saturated carbocycles. The smallest absolute Gasteiger partial charge is 0.387 e. The average Bonchev–Trinajstić information content (AvgIpc) is 2.29. The molecule has 66 valence electrons. The lowest BCUT2D eigenvalue weighted by Gasteiger charge is -1.96. The first-order chi connectivity index (χ1) is 5.57. The fraction of sp³-hybridized carbons (Fsp3) is 0.500. The minimum Gasteiger partial charge on any atom is -0.390 e. The molecule has 0 bridgehead atoms. The molecule has 1 aromatic rings. The standard InChI is InChI=1S/C6H9N3O3/c1-4-7-6(9(11)12)5(3-10)8(4)2/h10H,3H2,1-2H3. The van der Waals surface area contributed by atoms with E-state index in [-0.39, 0.29) is 18.1 Å². The van der Waals surface area contributed by atoms with E-state index in [0.717, 1.165) is 0 Å². The van der Waals surface area contributed by atoms with Crippen LogP contribution in [0.1, 0.15) is 11.5 Å². The highest BCUT2D eigenvalue weighted by Crippen LogP contribution is 2.17. The second-order valence-corrected chi connectivity index (χ2v) is 2.40. The van der Waals surface area contributed by atoms with Crippen molar-refractivity contribution in [2.75, 3.05) is 0 Å². The van der Waals surface area contributed by atoms with Crippen molar-refractivity contribution >= 4 is 5.82 Å². The zero-order valence-corrected chi connectivity index (χ0v) is 6.81. The van der Waals surface area contributed by atoms with Crippen molar-refractivity contribution in [3.8, 4) is 0 Å². The summed E-state index contributed by atoms with van der Waals surface area (Å²) in [4.78, 5) is 13.5. The number of hydrogen-bond donors (Lipinski definition) is 1. The Hall–Kier alpha value is -1.43. The van der Waals surface area contributed by atoms with Gasteiger partial charge in [0.1, 0.15) is 5.69 Å². The fourth-order valence-corrected chi connectivity index (χ4v) is 0.961. The Morgan fingerprint density at radius 2 is 2.33 bits per heavy atom. The van der Waals surface area contributed by atoms with Gasteiger partial charge in [0.2, 0.25) is 5.82 Å². The number of nitro groups is 1. The number of imidazole rings is 1. The number of nitrogens with zero attached hydrogens (tertiary/aromatic N) is 3. The zero-order chi connectivity index (χ0) is 9.30. The van der Waals surface area contributed by atoms with Crippen LogP contribution in [0.4, 0.5) is 5.82 Å². The Morgan fingerprint density at radius 1 is 1.75 bits per heavy atom. The van der Waals surface area contributed by atoms with Gasteiger partial charge in [-0.05, 0) is 9.91 Å². The molecule has 0 aliphatic heterocycles. The third-order valence-corrected chi connectivity index (χ3v) is 1.74. The van der Waals surface area contributed by atoms with Crippen molar-refractivity contribution in [2.45, 2.75) is 13.5 Å². The van der Waals surface area contributed by atoms with E-state index in [9.17, 15) is 10.1 Å². The van der Waals surface area contributed by atoms with Crippen LogP contribution in [0.2, 0.25) is 0 Å². The van der Waals surface area contributed by atoms with E-state index in [2.05, 4.69) is 4.98 Å². The Morgan fingerprint density at radius 3 is 2.67 bits per heavy atom. The summed E-state index contributed by atoms with van der Waals surface area (Å²) in [6, 6.07) is 0. The van der Waals surface area contributed by atoms with Gasteiger partial charge in [0.05, 0.1) is 6.61 Å². The summed E-state index contributed by atoms with van der Waals surface area (Å²) >= 11 is 0. The van der Waals surface area contributed by atoms with Crippen LogP contribution in [0.15, 0.2) is 0 Å². The summed E-state index contributed by atoms with van der Waals surface area (Å²) in [7, 11) is 1.63. The second-order valence-electron chi connectivity index (χ2n) is 2.40. The number of aromatic nitrogens is 2. The van der Waals surface area contributed by atoms with E-state index in [1.54, 1.807) is 14.0 Å². The molecule has 0 aliphatic rings. The maximum atomic E-state index is 10.4. The molecular weight excluding hydrogens is 162 g/mol. The number of aliphatic hydroxyl groups is 1. The van der Waals surface area contributed by atoms with Crippen LogP contribution in [0.5, 0.6) is 0 Å². The molecule has 0 saturated heterocycles. The van der Waals surface area contributed by atoms with Crippen LogP contribution in [0.3, 0.4) is 0 Å². The molecule has 0 spiro atoms. The summed E-state index contributed by atoms with van der Waals surface area (Å²) in [6.07, 6.45) is 0. The van der Waals surface area contributed by atoms with E-state index < -0.39 is 4.92 Å². The van der Waals surface area contributed by atoms with Crippen molar-refractivity contribution in [1.29, 1.82) is 0 Å². The SMILES string of the molecule is Cc1nc([N+](=O)[O-])c(CO)n1C. The maximum Gasteiger partial charge on any atom is 0.387 e. The maximum absolute atomic E-state index is 10.4. The van der Waals surface area contributed by atoms with Gasteiger partial charge >= 0.3 is 5.82 Å². The molecular formula is C6H9N3O3. The Balaban J connectivity index is 3.29. The predicted octanol–water partition coefficient (Wildman–Crippen LogP) is 0.129. The molecule has 1 N–H and O–H groups in total. The van der Waals surface area contributed by atoms with E-state index in [1.165, 1.54) is 4.57 Å². The number of rotatable bonds is 2. The summed E-state index contributed by atoms with van der Waals surface area (Å²) in [5.74, 6) is 0.253. The van der Waals surface area contributed by atoms with E-state index in [1.807, 2.05) is 0 Å². The third-order valence-electron chi connectivity index (χ3n) is 1.74. The van der Waals surface area contributed by atoms with Gasteiger partial charge in [-0.15, -0.1) is 0 Å². The molecule has 0 aliphatic carbocycles. The molecule has 12 heavy (non-hydrogen) atoms.